The summed E-state index contributed by atoms with van der Waals surface area (Å²) in [5, 5.41) is 1.46. The summed E-state index contributed by atoms with van der Waals surface area (Å²) < 4.78 is 13.7. The molecule has 0 aromatic heterocycles. The van der Waals surface area contributed by atoms with Crippen LogP contribution in [0.4, 0.5) is 4.39 Å². The van der Waals surface area contributed by atoms with Gasteiger partial charge < -0.3 is 0 Å². The smallest absolute Gasteiger partial charge is 0.123 e. The Hall–Kier alpha value is 0.532. The molecule has 21 heavy (non-hydrogen) atoms. The van der Waals surface area contributed by atoms with Gasteiger partial charge in [0.2, 0.25) is 0 Å². The van der Waals surface area contributed by atoms with Gasteiger partial charge in [-0.15, -0.1) is 0 Å². The molecule has 1 aromatic carbocycles. The molecule has 1 aromatic rings. The quantitative estimate of drug-likeness (QED) is 0.342. The molecule has 2 aliphatic carbocycles. The van der Waals surface area contributed by atoms with E-state index in [1.807, 2.05) is 0 Å². The normalized spacial score (nSPS) is 19.9. The molecule has 0 bridgehead atoms. The van der Waals surface area contributed by atoms with E-state index in [0.29, 0.717) is 4.35 Å². The molecular weight excluding hydrogens is 396 g/mol. The second-order valence-electron chi connectivity index (χ2n) is 5.84. The van der Waals surface area contributed by atoms with Gasteiger partial charge in [-0.1, -0.05) is 45.7 Å². The molecule has 0 radical (unpaired) electrons. The summed E-state index contributed by atoms with van der Waals surface area (Å²) in [5.41, 5.74) is 1.85. The van der Waals surface area contributed by atoms with Crippen LogP contribution in [-0.2, 0) is 19.2 Å². The summed E-state index contributed by atoms with van der Waals surface area (Å²) in [4.78, 5) is 0. The second kappa shape index (κ2) is 9.62. The number of halogens is 2. The monoisotopic (exact) mass is 419 g/mol. The topological polar surface area (TPSA) is 0 Å². The first kappa shape index (κ1) is 17.9. The van der Waals surface area contributed by atoms with Crippen molar-refractivity contribution in [2.24, 2.45) is 0 Å². The number of rotatable bonds is 3. The van der Waals surface area contributed by atoms with Crippen LogP contribution in [0.3, 0.4) is 0 Å². The average molecular weight is 420 g/mol. The maximum absolute atomic E-state index is 13.1. The standard InChI is InChI=1S/C16H22FP.CH2Cl.Pd/c17-13-9-11-16(12-10-13)18(14-5-1-2-6-14)15-7-3-4-8-15;1-2;/h9-12,14-15H,1-8H2;1H2;. The van der Waals surface area contributed by atoms with Gasteiger partial charge in [0.1, 0.15) is 5.82 Å². The third-order valence-electron chi connectivity index (χ3n) is 4.56. The van der Waals surface area contributed by atoms with Crippen LogP contribution in [0.2, 0.25) is 0 Å². The van der Waals surface area contributed by atoms with E-state index in [9.17, 15) is 4.39 Å². The van der Waals surface area contributed by atoms with Crippen LogP contribution in [0, 0.1) is 5.82 Å². The molecule has 3 rings (SSSR count). The fourth-order valence-electron chi connectivity index (χ4n) is 3.70. The van der Waals surface area contributed by atoms with Crippen LogP contribution in [0.1, 0.15) is 51.4 Å². The average Bonchev–Trinajstić information content (AvgIpc) is 3.16. The van der Waals surface area contributed by atoms with Gasteiger partial charge in [-0.3, -0.25) is 0 Å². The molecule has 0 nitrogen and oxygen atoms in total. The Morgan fingerprint density at radius 2 is 1.33 bits per heavy atom. The minimum atomic E-state index is -0.0912. The summed E-state index contributed by atoms with van der Waals surface area (Å²) in [6.45, 7) is 0. The van der Waals surface area contributed by atoms with Gasteiger partial charge in [0.25, 0.3) is 0 Å². The minimum Gasteiger partial charge on any atom is -0.207 e. The van der Waals surface area contributed by atoms with Crippen molar-refractivity contribution in [3.8, 4) is 0 Å². The van der Waals surface area contributed by atoms with E-state index in [0.717, 1.165) is 11.3 Å². The fraction of sp³-hybridized carbons (Fsp3) is 0.647. The van der Waals surface area contributed by atoms with Crippen molar-refractivity contribution in [1.29, 1.82) is 0 Å². The summed E-state index contributed by atoms with van der Waals surface area (Å²) in [6, 6.07) is 7.46. The molecule has 0 spiro atoms. The molecular formula is C17H24ClFPPd. The number of alkyl halides is 1. The van der Waals surface area contributed by atoms with Gasteiger partial charge in [0, 0.05) is 0 Å². The molecule has 2 aliphatic rings. The van der Waals surface area contributed by atoms with Crippen LogP contribution >= 0.6 is 19.5 Å². The molecule has 0 aliphatic heterocycles. The Morgan fingerprint density at radius 3 is 1.71 bits per heavy atom. The van der Waals surface area contributed by atoms with Crippen molar-refractivity contribution >= 4 is 24.8 Å². The third kappa shape index (κ3) is 5.28. The fourth-order valence-corrected chi connectivity index (χ4v) is 7.47. The Kier molecular flexibility index (Phi) is 8.19. The van der Waals surface area contributed by atoms with Crippen molar-refractivity contribution in [3.63, 3.8) is 0 Å². The van der Waals surface area contributed by atoms with Gasteiger partial charge in [-0.05, 0) is 54.4 Å². The van der Waals surface area contributed by atoms with Crippen LogP contribution in [0.15, 0.2) is 24.3 Å². The summed E-state index contributed by atoms with van der Waals surface area (Å²) in [7, 11) is -0.0371. The van der Waals surface area contributed by atoms with E-state index in [1.165, 1.54) is 56.7 Å². The molecule has 0 unspecified atom stereocenters. The molecule has 2 saturated carbocycles. The number of hydrogen-bond acceptors (Lipinski definition) is 0. The Morgan fingerprint density at radius 1 is 0.952 bits per heavy atom. The SMILES string of the molecule is Cl[CH2][Pd].Fc1ccc(P(C2CCCC2)C2CCCC2)cc1. The Bertz CT molecular complexity index is 384. The van der Waals surface area contributed by atoms with Crippen LogP contribution < -0.4 is 5.30 Å². The van der Waals surface area contributed by atoms with Crippen molar-refractivity contribution in [3.05, 3.63) is 30.1 Å². The molecule has 0 N–H and O–H groups in total. The largest absolute Gasteiger partial charge is 0.207 e. The first-order valence-corrected chi connectivity index (χ1v) is 11.0. The number of hydrogen-bond donors (Lipinski definition) is 0. The maximum atomic E-state index is 13.1. The molecule has 0 amide bonds. The van der Waals surface area contributed by atoms with Gasteiger partial charge >= 0.3 is 35.2 Å². The summed E-state index contributed by atoms with van der Waals surface area (Å²) in [6.07, 6.45) is 11.3. The van der Waals surface area contributed by atoms with E-state index in [2.05, 4.69) is 31.3 Å². The van der Waals surface area contributed by atoms with Gasteiger partial charge in [-0.25, -0.2) is 4.39 Å². The minimum absolute atomic E-state index is 0.0371. The first-order chi connectivity index (χ1) is 10.3. The van der Waals surface area contributed by atoms with Gasteiger partial charge in [-0.2, -0.15) is 0 Å². The van der Waals surface area contributed by atoms with Crippen molar-refractivity contribution in [2.45, 2.75) is 62.7 Å². The second-order valence-corrected chi connectivity index (χ2v) is 10.1. The predicted molar refractivity (Wildman–Crippen MR) is 88.2 cm³/mol. The van der Waals surface area contributed by atoms with Crippen LogP contribution in [-0.4, -0.2) is 15.7 Å². The summed E-state index contributed by atoms with van der Waals surface area (Å²) in [5.74, 6) is -0.0912. The maximum Gasteiger partial charge on any atom is 0.123 e. The number of benzene rings is 1. The van der Waals surface area contributed by atoms with E-state index < -0.39 is 0 Å². The molecule has 4 heteroatoms. The molecule has 0 saturated heterocycles. The van der Waals surface area contributed by atoms with Crippen LogP contribution in [0.5, 0.6) is 0 Å². The zero-order valence-corrected chi connectivity index (χ0v) is 15.6. The molecule has 121 valence electrons. The molecule has 0 atom stereocenters. The van der Waals surface area contributed by atoms with E-state index in [-0.39, 0.29) is 13.7 Å². The third-order valence-corrected chi connectivity index (χ3v) is 8.06. The molecule has 2 fully saturated rings. The van der Waals surface area contributed by atoms with E-state index in [1.54, 1.807) is 12.1 Å². The first-order valence-electron chi connectivity index (χ1n) is 7.87. The zero-order chi connectivity index (χ0) is 15.1. The van der Waals surface area contributed by atoms with Crippen molar-refractivity contribution in [2.75, 3.05) is 4.35 Å². The zero-order valence-electron chi connectivity index (χ0n) is 12.3. The Balaban J connectivity index is 0.000000497. The van der Waals surface area contributed by atoms with Crippen molar-refractivity contribution < 1.29 is 23.6 Å². The Labute approximate surface area is 145 Å². The van der Waals surface area contributed by atoms with Crippen LogP contribution in [0.25, 0.3) is 0 Å². The summed E-state index contributed by atoms with van der Waals surface area (Å²) >= 11 is 7.64. The van der Waals surface area contributed by atoms with E-state index >= 15 is 0 Å². The van der Waals surface area contributed by atoms with Gasteiger partial charge in [0.05, 0.1) is 0 Å². The van der Waals surface area contributed by atoms with E-state index in [4.69, 9.17) is 11.6 Å². The predicted octanol–water partition coefficient (Wildman–Crippen LogP) is 5.55. The van der Waals surface area contributed by atoms with Crippen molar-refractivity contribution in [1.82, 2.24) is 0 Å². The molecule has 0 heterocycles. The van der Waals surface area contributed by atoms with Gasteiger partial charge in [0.15, 0.2) is 0 Å².